The predicted octanol–water partition coefficient (Wildman–Crippen LogP) is 6.52. The molecule has 0 radical (unpaired) electrons. The van der Waals surface area contributed by atoms with E-state index >= 15 is 0 Å². The average Bonchev–Trinajstić information content (AvgIpc) is 3.06. The molecule has 1 fully saturated rings. The molecule has 160 valence electrons. The largest absolute Gasteiger partial charge is 0.365 e. The van der Waals surface area contributed by atoms with E-state index in [-0.39, 0.29) is 11.0 Å². The Morgan fingerprint density at radius 1 is 1.07 bits per heavy atom. The topological polar surface area (TPSA) is 12.5 Å². The van der Waals surface area contributed by atoms with Gasteiger partial charge in [-0.3, -0.25) is 4.90 Å². The van der Waals surface area contributed by atoms with Crippen LogP contribution in [0.5, 0.6) is 0 Å². The van der Waals surface area contributed by atoms with Gasteiger partial charge < -0.3 is 4.74 Å². The number of fused-ring (bicyclic) bond motifs is 2. The molecular formula is C28H37NO. The first kappa shape index (κ1) is 21.3. The number of hydrogen-bond acceptors (Lipinski definition) is 2. The molecular weight excluding hydrogens is 366 g/mol. The summed E-state index contributed by atoms with van der Waals surface area (Å²) < 4.78 is 6.40. The fraction of sp³-hybridized carbons (Fsp3) is 0.500. The van der Waals surface area contributed by atoms with Crippen molar-refractivity contribution in [3.05, 3.63) is 82.4 Å². The monoisotopic (exact) mass is 403 g/mol. The van der Waals surface area contributed by atoms with Gasteiger partial charge in [0.25, 0.3) is 0 Å². The van der Waals surface area contributed by atoms with Gasteiger partial charge in [-0.2, -0.15) is 0 Å². The lowest BCUT2D eigenvalue weighted by atomic mass is 9.77. The van der Waals surface area contributed by atoms with E-state index in [1.165, 1.54) is 27.8 Å². The molecule has 1 unspecified atom stereocenters. The number of aryl methyl sites for hydroxylation is 1. The maximum absolute atomic E-state index is 6.40. The molecule has 1 atom stereocenters. The molecule has 1 saturated heterocycles. The Morgan fingerprint density at radius 3 is 2.40 bits per heavy atom. The molecule has 0 saturated carbocycles. The average molecular weight is 404 g/mol. The third-order valence-corrected chi connectivity index (χ3v) is 7.17. The molecule has 2 nitrogen and oxygen atoms in total. The molecule has 2 aliphatic heterocycles. The van der Waals surface area contributed by atoms with E-state index in [0.717, 1.165) is 39.0 Å². The molecule has 2 aromatic carbocycles. The molecule has 0 amide bonds. The summed E-state index contributed by atoms with van der Waals surface area (Å²) in [4.78, 5) is 2.69. The number of allylic oxidation sites excluding steroid dienone is 1. The van der Waals surface area contributed by atoms with E-state index in [2.05, 4.69) is 94.1 Å². The molecule has 30 heavy (non-hydrogen) atoms. The van der Waals surface area contributed by atoms with Crippen molar-refractivity contribution in [3.8, 4) is 0 Å². The molecule has 2 heteroatoms. The van der Waals surface area contributed by atoms with Crippen LogP contribution in [0.25, 0.3) is 0 Å². The van der Waals surface area contributed by atoms with Crippen molar-refractivity contribution in [1.29, 1.82) is 0 Å². The summed E-state index contributed by atoms with van der Waals surface area (Å²) in [6, 6.07) is 18.4. The third kappa shape index (κ3) is 4.26. The van der Waals surface area contributed by atoms with Crippen LogP contribution in [0.4, 0.5) is 0 Å². The smallest absolute Gasteiger partial charge is 0.0963 e. The second-order valence-electron chi connectivity index (χ2n) is 10.2. The van der Waals surface area contributed by atoms with Gasteiger partial charge >= 0.3 is 0 Å². The molecule has 1 spiro atoms. The van der Waals surface area contributed by atoms with Crippen LogP contribution < -0.4 is 0 Å². The highest BCUT2D eigenvalue weighted by molar-refractivity contribution is 5.36. The Morgan fingerprint density at radius 2 is 1.73 bits per heavy atom. The van der Waals surface area contributed by atoms with Crippen molar-refractivity contribution in [2.45, 2.75) is 77.5 Å². The minimum atomic E-state index is -0.0604. The van der Waals surface area contributed by atoms with Gasteiger partial charge in [0, 0.05) is 19.1 Å². The zero-order valence-corrected chi connectivity index (χ0v) is 19.4. The first-order chi connectivity index (χ1) is 14.3. The van der Waals surface area contributed by atoms with Crippen LogP contribution >= 0.6 is 0 Å². The highest BCUT2D eigenvalue weighted by Gasteiger charge is 2.43. The van der Waals surface area contributed by atoms with Crippen molar-refractivity contribution in [2.24, 2.45) is 0 Å². The van der Waals surface area contributed by atoms with Crippen molar-refractivity contribution < 1.29 is 4.74 Å². The van der Waals surface area contributed by atoms with Gasteiger partial charge in [0.1, 0.15) is 0 Å². The van der Waals surface area contributed by atoms with E-state index in [9.17, 15) is 0 Å². The van der Waals surface area contributed by atoms with Crippen LogP contribution in [0, 0.1) is 6.92 Å². The number of likely N-dealkylation sites (tertiary alicyclic amines) is 1. The molecule has 2 heterocycles. The minimum Gasteiger partial charge on any atom is -0.365 e. The Kier molecular flexibility index (Phi) is 5.92. The van der Waals surface area contributed by atoms with E-state index < -0.39 is 0 Å². The quantitative estimate of drug-likeness (QED) is 0.527. The van der Waals surface area contributed by atoms with Gasteiger partial charge in [0.15, 0.2) is 0 Å². The van der Waals surface area contributed by atoms with Gasteiger partial charge in [0.05, 0.1) is 12.2 Å². The van der Waals surface area contributed by atoms with Gasteiger partial charge in [-0.15, -0.1) is 0 Å². The van der Waals surface area contributed by atoms with Gasteiger partial charge in [0.2, 0.25) is 0 Å². The van der Waals surface area contributed by atoms with Crippen LogP contribution in [0.2, 0.25) is 0 Å². The maximum Gasteiger partial charge on any atom is 0.0963 e. The lowest BCUT2D eigenvalue weighted by Gasteiger charge is -2.44. The van der Waals surface area contributed by atoms with Crippen LogP contribution in [0.15, 0.2) is 60.2 Å². The number of benzene rings is 2. The molecule has 0 aliphatic carbocycles. The van der Waals surface area contributed by atoms with Gasteiger partial charge in [-0.05, 0) is 62.1 Å². The van der Waals surface area contributed by atoms with Crippen molar-refractivity contribution in [2.75, 3.05) is 13.1 Å². The molecule has 0 aromatic heterocycles. The minimum absolute atomic E-state index is 0.0604. The number of nitrogens with zero attached hydrogens (tertiary/aromatic N) is 1. The summed E-state index contributed by atoms with van der Waals surface area (Å²) in [5, 5.41) is 0. The van der Waals surface area contributed by atoms with E-state index in [1.54, 1.807) is 0 Å². The standard InChI is InChI=1S/C28H37NO/c1-21(2)18-25(19-27(4,5)24-12-10-22(3)11-13-24)29-16-14-28(15-17-29)26-9-7-6-8-23(26)20-30-28/h6-13,18,25H,14-17,19-20H2,1-5H3. The number of piperidine rings is 1. The summed E-state index contributed by atoms with van der Waals surface area (Å²) in [5.41, 5.74) is 7.05. The first-order valence-corrected chi connectivity index (χ1v) is 11.5. The molecule has 0 bridgehead atoms. The van der Waals surface area contributed by atoms with Crippen molar-refractivity contribution >= 4 is 0 Å². The van der Waals surface area contributed by atoms with Crippen molar-refractivity contribution in [3.63, 3.8) is 0 Å². The van der Waals surface area contributed by atoms with Crippen LogP contribution in [-0.2, 0) is 22.4 Å². The zero-order chi connectivity index (χ0) is 21.4. The number of ether oxygens (including phenoxy) is 1. The second-order valence-corrected chi connectivity index (χ2v) is 10.2. The summed E-state index contributed by atoms with van der Waals surface area (Å²) in [6.07, 6.45) is 5.78. The van der Waals surface area contributed by atoms with Gasteiger partial charge in [-0.1, -0.05) is 79.6 Å². The summed E-state index contributed by atoms with van der Waals surface area (Å²) in [7, 11) is 0. The molecule has 2 aromatic rings. The van der Waals surface area contributed by atoms with Gasteiger partial charge in [-0.25, -0.2) is 0 Å². The summed E-state index contributed by atoms with van der Waals surface area (Å²) >= 11 is 0. The second kappa shape index (κ2) is 8.32. The van der Waals surface area contributed by atoms with Crippen LogP contribution in [-0.4, -0.2) is 24.0 Å². The van der Waals surface area contributed by atoms with E-state index in [4.69, 9.17) is 4.74 Å². The molecule has 0 N–H and O–H groups in total. The van der Waals surface area contributed by atoms with Crippen LogP contribution in [0.1, 0.15) is 69.2 Å². The first-order valence-electron chi connectivity index (χ1n) is 11.5. The highest BCUT2D eigenvalue weighted by atomic mass is 16.5. The lowest BCUT2D eigenvalue weighted by Crippen LogP contribution is -2.48. The summed E-state index contributed by atoms with van der Waals surface area (Å²) in [6.45, 7) is 14.4. The Hall–Kier alpha value is -1.90. The Labute approximate surface area is 182 Å². The fourth-order valence-electron chi connectivity index (χ4n) is 5.34. The van der Waals surface area contributed by atoms with E-state index in [1.807, 2.05) is 0 Å². The van der Waals surface area contributed by atoms with E-state index in [0.29, 0.717) is 6.04 Å². The highest BCUT2D eigenvalue weighted by Crippen LogP contribution is 2.45. The lowest BCUT2D eigenvalue weighted by molar-refractivity contribution is -0.0830. The summed E-state index contributed by atoms with van der Waals surface area (Å²) in [5.74, 6) is 0. The molecule has 2 aliphatic rings. The SMILES string of the molecule is CC(C)=CC(CC(C)(C)c1ccc(C)cc1)N1CCC2(CC1)OCc1ccccc12. The number of hydrogen-bond donors (Lipinski definition) is 0. The predicted molar refractivity (Wildman–Crippen MR) is 126 cm³/mol. The third-order valence-electron chi connectivity index (χ3n) is 7.17. The van der Waals surface area contributed by atoms with Crippen molar-refractivity contribution in [1.82, 2.24) is 4.90 Å². The normalized spacial score (nSPS) is 19.5. The molecule has 4 rings (SSSR count). The fourth-order valence-corrected chi connectivity index (χ4v) is 5.34. The zero-order valence-electron chi connectivity index (χ0n) is 19.4. The Bertz CT molecular complexity index is 896. The Balaban J connectivity index is 1.50. The number of rotatable bonds is 5. The maximum atomic E-state index is 6.40. The van der Waals surface area contributed by atoms with Crippen LogP contribution in [0.3, 0.4) is 0 Å².